The van der Waals surface area contributed by atoms with Crippen LogP contribution in [0.3, 0.4) is 0 Å². The van der Waals surface area contributed by atoms with Crippen LogP contribution in [0, 0.1) is 0 Å². The first kappa shape index (κ1) is 26.8. The van der Waals surface area contributed by atoms with Crippen molar-refractivity contribution in [2.45, 2.75) is 39.0 Å². The number of carbonyl (C=O) groups excluding carboxylic acids is 1. The molecule has 0 aliphatic rings. The number of carboxylic acids is 1. The molecule has 0 spiro atoms. The Morgan fingerprint density at radius 3 is 2.64 bits per heavy atom. The zero-order chi connectivity index (χ0) is 25.9. The number of halogens is 1. The van der Waals surface area contributed by atoms with Crippen LogP contribution in [0.4, 0.5) is 10.5 Å². The summed E-state index contributed by atoms with van der Waals surface area (Å²) in [5.41, 5.74) is 1.05. The quantitative estimate of drug-likeness (QED) is 0.249. The van der Waals surface area contributed by atoms with Crippen molar-refractivity contribution >= 4 is 40.2 Å². The molecule has 36 heavy (non-hydrogen) atoms. The van der Waals surface area contributed by atoms with Gasteiger partial charge in [0.15, 0.2) is 11.5 Å². The van der Waals surface area contributed by atoms with E-state index in [4.69, 9.17) is 30.9 Å². The molecule has 0 fully saturated rings. The number of anilines is 1. The van der Waals surface area contributed by atoms with E-state index in [1.807, 2.05) is 6.92 Å². The maximum absolute atomic E-state index is 11.9. The van der Waals surface area contributed by atoms with Crippen molar-refractivity contribution in [1.82, 2.24) is 15.3 Å². The van der Waals surface area contributed by atoms with Crippen molar-refractivity contribution in [1.29, 1.82) is 0 Å². The average Bonchev–Trinajstić information content (AvgIpc) is 2.86. The average molecular weight is 517 g/mol. The van der Waals surface area contributed by atoms with Crippen molar-refractivity contribution in [2.75, 3.05) is 25.6 Å². The molecule has 0 atom stereocenters. The zero-order valence-electron chi connectivity index (χ0n) is 20.2. The lowest BCUT2D eigenvalue weighted by molar-refractivity contribution is -0.137. The van der Waals surface area contributed by atoms with E-state index in [2.05, 4.69) is 20.6 Å². The van der Waals surface area contributed by atoms with E-state index in [9.17, 15) is 9.59 Å². The number of hydrogen-bond donors (Lipinski definition) is 3. The summed E-state index contributed by atoms with van der Waals surface area (Å²) < 4.78 is 17.3. The van der Waals surface area contributed by atoms with Gasteiger partial charge in [-0.15, -0.1) is 0 Å². The Hall–Kier alpha value is -3.79. The highest BCUT2D eigenvalue weighted by molar-refractivity contribution is 6.33. The summed E-state index contributed by atoms with van der Waals surface area (Å²) in [5, 5.41) is 15.1. The van der Waals surface area contributed by atoms with Gasteiger partial charge < -0.3 is 30.0 Å². The molecule has 2 amide bonds. The van der Waals surface area contributed by atoms with Crippen molar-refractivity contribution < 1.29 is 28.9 Å². The van der Waals surface area contributed by atoms with Gasteiger partial charge in [0.1, 0.15) is 12.1 Å². The summed E-state index contributed by atoms with van der Waals surface area (Å²) >= 11 is 6.34. The van der Waals surface area contributed by atoms with E-state index in [1.165, 1.54) is 13.4 Å². The third-order valence-electron chi connectivity index (χ3n) is 5.12. The largest absolute Gasteiger partial charge is 0.493 e. The van der Waals surface area contributed by atoms with Crippen LogP contribution in [0.25, 0.3) is 10.9 Å². The highest BCUT2D eigenvalue weighted by Crippen LogP contribution is 2.37. The molecule has 0 unspecified atom stereocenters. The third-order valence-corrected chi connectivity index (χ3v) is 5.43. The molecule has 0 aliphatic carbocycles. The maximum Gasteiger partial charge on any atom is 0.319 e. The molecule has 10 nitrogen and oxygen atoms in total. The number of aromatic nitrogens is 2. The Kier molecular flexibility index (Phi) is 9.93. The van der Waals surface area contributed by atoms with Gasteiger partial charge in [-0.05, 0) is 43.9 Å². The van der Waals surface area contributed by atoms with E-state index in [0.29, 0.717) is 64.3 Å². The van der Waals surface area contributed by atoms with Gasteiger partial charge in [-0.2, -0.15) is 0 Å². The number of ether oxygens (including phenoxy) is 3. The van der Waals surface area contributed by atoms with E-state index < -0.39 is 5.97 Å². The number of carboxylic acid groups (broad SMARTS) is 1. The molecule has 3 aromatic rings. The first-order valence-electron chi connectivity index (χ1n) is 11.6. The van der Waals surface area contributed by atoms with E-state index in [0.717, 1.165) is 19.3 Å². The zero-order valence-corrected chi connectivity index (χ0v) is 20.9. The number of nitrogens with zero attached hydrogens (tertiary/aromatic N) is 2. The van der Waals surface area contributed by atoms with Crippen LogP contribution < -0.4 is 24.8 Å². The number of aliphatic carboxylic acids is 1. The maximum atomic E-state index is 11.9. The molecule has 11 heteroatoms. The summed E-state index contributed by atoms with van der Waals surface area (Å²) in [5.74, 6) is 0.946. The van der Waals surface area contributed by atoms with Crippen LogP contribution >= 0.6 is 11.6 Å². The Balaban J connectivity index is 1.71. The summed E-state index contributed by atoms with van der Waals surface area (Å²) in [7, 11) is 1.54. The smallest absolute Gasteiger partial charge is 0.319 e. The number of urea groups is 1. The lowest BCUT2D eigenvalue weighted by Crippen LogP contribution is -2.29. The number of amides is 2. The second-order valence-corrected chi connectivity index (χ2v) is 8.28. The van der Waals surface area contributed by atoms with E-state index >= 15 is 0 Å². The molecule has 0 bridgehead atoms. The second kappa shape index (κ2) is 13.3. The van der Waals surface area contributed by atoms with Crippen LogP contribution in [-0.4, -0.2) is 47.3 Å². The fourth-order valence-corrected chi connectivity index (χ4v) is 3.53. The molecule has 3 rings (SSSR count). The number of benzene rings is 2. The van der Waals surface area contributed by atoms with Gasteiger partial charge in [0.2, 0.25) is 5.88 Å². The molecule has 2 aromatic carbocycles. The standard InChI is InChI=1S/C25H29ClN4O6/c1-3-10-27-25(33)30-19-9-8-16(12-18(19)26)36-24-17-13-21(34-2)22(14-20(17)28-15-29-24)35-11-6-4-5-7-23(31)32/h8-9,12-15H,3-7,10-11H2,1-2H3,(H,31,32)(H2,27,30,33). The number of nitrogens with one attached hydrogen (secondary N) is 2. The van der Waals surface area contributed by atoms with Gasteiger partial charge in [-0.1, -0.05) is 18.5 Å². The van der Waals surface area contributed by atoms with Crippen LogP contribution in [0.15, 0.2) is 36.7 Å². The molecular formula is C25H29ClN4O6. The van der Waals surface area contributed by atoms with Crippen molar-refractivity contribution in [3.63, 3.8) is 0 Å². The molecule has 0 radical (unpaired) electrons. The van der Waals surface area contributed by atoms with Gasteiger partial charge in [0.25, 0.3) is 0 Å². The molecule has 0 aliphatic heterocycles. The Bertz CT molecular complexity index is 1210. The first-order chi connectivity index (χ1) is 17.4. The molecule has 0 saturated carbocycles. The third kappa shape index (κ3) is 7.61. The lowest BCUT2D eigenvalue weighted by atomic mass is 10.2. The van der Waals surface area contributed by atoms with E-state index in [-0.39, 0.29) is 12.5 Å². The van der Waals surface area contributed by atoms with E-state index in [1.54, 1.807) is 30.3 Å². The van der Waals surface area contributed by atoms with Gasteiger partial charge in [-0.3, -0.25) is 4.79 Å². The number of fused-ring (bicyclic) bond motifs is 1. The molecule has 3 N–H and O–H groups in total. The predicted octanol–water partition coefficient (Wildman–Crippen LogP) is 5.64. The summed E-state index contributed by atoms with van der Waals surface area (Å²) in [6.07, 6.45) is 4.44. The number of carbonyl (C=O) groups is 2. The molecule has 0 saturated heterocycles. The Labute approximate surface area is 213 Å². The van der Waals surface area contributed by atoms with Gasteiger partial charge >= 0.3 is 12.0 Å². The summed E-state index contributed by atoms with van der Waals surface area (Å²) in [6.45, 7) is 2.95. The van der Waals surface area contributed by atoms with Gasteiger partial charge in [0.05, 0.1) is 35.3 Å². The Morgan fingerprint density at radius 2 is 1.92 bits per heavy atom. The Morgan fingerprint density at radius 1 is 1.08 bits per heavy atom. The fraction of sp³-hybridized carbons (Fsp3) is 0.360. The lowest BCUT2D eigenvalue weighted by Gasteiger charge is -2.14. The number of methoxy groups -OCH3 is 1. The number of unbranched alkanes of at least 4 members (excludes halogenated alkanes) is 2. The monoisotopic (exact) mass is 516 g/mol. The highest BCUT2D eigenvalue weighted by atomic mass is 35.5. The van der Waals surface area contributed by atoms with Crippen LogP contribution in [0.2, 0.25) is 5.02 Å². The SMILES string of the molecule is CCCNC(=O)Nc1ccc(Oc2ncnc3cc(OCCCCCC(=O)O)c(OC)cc23)cc1Cl. The number of hydrogen-bond acceptors (Lipinski definition) is 7. The normalized spacial score (nSPS) is 10.6. The van der Waals surface area contributed by atoms with Crippen molar-refractivity contribution in [3.05, 3.63) is 41.7 Å². The second-order valence-electron chi connectivity index (χ2n) is 7.88. The summed E-state index contributed by atoms with van der Waals surface area (Å²) in [6, 6.07) is 8.06. The fourth-order valence-electron chi connectivity index (χ4n) is 3.31. The van der Waals surface area contributed by atoms with Crippen molar-refractivity contribution in [2.24, 2.45) is 0 Å². The number of rotatable bonds is 13. The van der Waals surface area contributed by atoms with Gasteiger partial charge in [0, 0.05) is 25.1 Å². The first-order valence-corrected chi connectivity index (χ1v) is 12.0. The topological polar surface area (TPSA) is 132 Å². The minimum absolute atomic E-state index is 0.151. The molecule has 1 aromatic heterocycles. The van der Waals surface area contributed by atoms with Crippen LogP contribution in [0.1, 0.15) is 39.0 Å². The molecule has 1 heterocycles. The molecular weight excluding hydrogens is 488 g/mol. The highest BCUT2D eigenvalue weighted by Gasteiger charge is 2.14. The molecule has 192 valence electrons. The van der Waals surface area contributed by atoms with Crippen molar-refractivity contribution in [3.8, 4) is 23.1 Å². The minimum atomic E-state index is -0.797. The van der Waals surface area contributed by atoms with Crippen LogP contribution in [0.5, 0.6) is 23.1 Å². The predicted molar refractivity (Wildman–Crippen MR) is 137 cm³/mol. The van der Waals surface area contributed by atoms with Crippen LogP contribution in [-0.2, 0) is 4.79 Å². The van der Waals surface area contributed by atoms with Gasteiger partial charge in [-0.25, -0.2) is 14.8 Å². The minimum Gasteiger partial charge on any atom is -0.493 e. The summed E-state index contributed by atoms with van der Waals surface area (Å²) in [4.78, 5) is 31.1.